The number of aromatic nitrogens is 5. The number of hydrogen-bond acceptors (Lipinski definition) is 3. The molecule has 0 aliphatic heterocycles. The molecule has 196 valence electrons. The van der Waals surface area contributed by atoms with E-state index < -0.39 is 0 Å². The van der Waals surface area contributed by atoms with Crippen LogP contribution in [0, 0.1) is 0 Å². The Morgan fingerprint density at radius 1 is 0.429 bits per heavy atom. The van der Waals surface area contributed by atoms with E-state index in [1.54, 1.807) is 0 Å². The van der Waals surface area contributed by atoms with E-state index in [4.69, 9.17) is 10.1 Å². The van der Waals surface area contributed by atoms with E-state index in [0.29, 0.717) is 0 Å². The molecule has 0 fully saturated rings. The minimum Gasteiger partial charge on any atom is -0.300 e. The van der Waals surface area contributed by atoms with Crippen molar-refractivity contribution in [3.8, 4) is 10.0 Å². The number of rotatable bonds is 2. The van der Waals surface area contributed by atoms with Gasteiger partial charge in [0.15, 0.2) is 0 Å². The third-order valence-electron chi connectivity index (χ3n) is 8.59. The quantitative estimate of drug-likeness (QED) is 0.213. The number of fused-ring (bicyclic) bond motifs is 12. The summed E-state index contributed by atoms with van der Waals surface area (Å²) in [6.07, 6.45) is 3.79. The van der Waals surface area contributed by atoms with Crippen LogP contribution >= 0.6 is 11.3 Å². The van der Waals surface area contributed by atoms with Crippen LogP contribution < -0.4 is 0 Å². The Morgan fingerprint density at radius 3 is 1.45 bits per heavy atom. The SMILES string of the molecule is c1ccc2c(c1)c1ccccc1n2-c1sc(-n2c3ccccc3c3ccccc32)c2c1c1ncccc1n1nccc21. The maximum Gasteiger partial charge on any atom is 0.112 e. The minimum absolute atomic E-state index is 0.948. The molecule has 42 heavy (non-hydrogen) atoms. The van der Waals surface area contributed by atoms with Gasteiger partial charge >= 0.3 is 0 Å². The fraction of sp³-hybridized carbons (Fsp3) is 0. The summed E-state index contributed by atoms with van der Waals surface area (Å²) < 4.78 is 6.93. The maximum atomic E-state index is 5.01. The third-order valence-corrected chi connectivity index (χ3v) is 9.75. The van der Waals surface area contributed by atoms with E-state index in [9.17, 15) is 0 Å². The number of hydrogen-bond donors (Lipinski definition) is 0. The Balaban J connectivity index is 1.50. The van der Waals surface area contributed by atoms with Gasteiger partial charge in [-0.1, -0.05) is 84.1 Å². The lowest BCUT2D eigenvalue weighted by atomic mass is 10.1. The molecular weight excluding hydrogens is 534 g/mol. The number of pyridine rings is 2. The largest absolute Gasteiger partial charge is 0.300 e. The van der Waals surface area contributed by atoms with E-state index in [0.717, 1.165) is 37.3 Å². The van der Waals surface area contributed by atoms with Gasteiger partial charge in [0.05, 0.1) is 44.8 Å². The highest BCUT2D eigenvalue weighted by molar-refractivity contribution is 7.19. The van der Waals surface area contributed by atoms with Gasteiger partial charge in [-0.2, -0.15) is 5.10 Å². The molecule has 6 aromatic heterocycles. The van der Waals surface area contributed by atoms with Gasteiger partial charge in [0.2, 0.25) is 0 Å². The van der Waals surface area contributed by atoms with Gasteiger partial charge in [0.1, 0.15) is 10.0 Å². The molecule has 10 rings (SSSR count). The molecule has 0 N–H and O–H groups in total. The van der Waals surface area contributed by atoms with Crippen molar-refractivity contribution in [3.63, 3.8) is 0 Å². The molecule has 0 atom stereocenters. The molecule has 0 radical (unpaired) electrons. The van der Waals surface area contributed by atoms with Crippen molar-refractivity contribution in [2.75, 3.05) is 0 Å². The van der Waals surface area contributed by atoms with Crippen LogP contribution in [0.4, 0.5) is 0 Å². The summed E-state index contributed by atoms with van der Waals surface area (Å²) in [5, 5.41) is 14.4. The Kier molecular flexibility index (Phi) is 4.27. The fourth-order valence-corrected chi connectivity index (χ4v) is 8.28. The molecule has 0 unspecified atom stereocenters. The molecule has 4 aromatic carbocycles. The van der Waals surface area contributed by atoms with Crippen molar-refractivity contribution < 1.29 is 0 Å². The molecule has 10 aromatic rings. The lowest BCUT2D eigenvalue weighted by Crippen LogP contribution is -1.97. The van der Waals surface area contributed by atoms with E-state index in [2.05, 4.69) is 118 Å². The van der Waals surface area contributed by atoms with Crippen LogP contribution in [0.25, 0.3) is 80.9 Å². The molecular formula is C36H21N5S. The van der Waals surface area contributed by atoms with Gasteiger partial charge in [-0.05, 0) is 42.5 Å². The Hall–Kier alpha value is -5.46. The van der Waals surface area contributed by atoms with Crippen molar-refractivity contribution in [3.05, 3.63) is 128 Å². The summed E-state index contributed by atoms with van der Waals surface area (Å²) in [6, 6.07) is 41.1. The molecule has 6 heteroatoms. The standard InChI is InChI=1S/C36H21N5S/c1-5-14-26-22(10-1)23-11-2-6-15-27(23)39(26)35-32-30-19-21-38-41(30)31-18-9-20-37-34(31)33(32)36(42-35)40-28-16-7-3-12-24(28)25-13-4-8-17-29(25)40/h1-21H. The zero-order valence-electron chi connectivity index (χ0n) is 22.3. The second-order valence-electron chi connectivity index (χ2n) is 10.7. The van der Waals surface area contributed by atoms with E-state index in [1.165, 1.54) is 43.6 Å². The van der Waals surface area contributed by atoms with Crippen LogP contribution in [-0.4, -0.2) is 23.7 Å². The average Bonchev–Trinajstić information content (AvgIpc) is 3.82. The first kappa shape index (κ1) is 22.3. The van der Waals surface area contributed by atoms with Gasteiger partial charge in [0, 0.05) is 38.5 Å². The molecule has 0 aliphatic rings. The summed E-state index contributed by atoms with van der Waals surface area (Å²) in [5.41, 5.74) is 7.78. The Morgan fingerprint density at radius 2 is 0.905 bits per heavy atom. The summed E-state index contributed by atoms with van der Waals surface area (Å²) in [6.45, 7) is 0. The zero-order chi connectivity index (χ0) is 27.4. The van der Waals surface area contributed by atoms with Gasteiger partial charge < -0.3 is 9.13 Å². The van der Waals surface area contributed by atoms with Crippen molar-refractivity contribution in [1.29, 1.82) is 0 Å². The highest BCUT2D eigenvalue weighted by Crippen LogP contribution is 2.47. The molecule has 0 aliphatic carbocycles. The summed E-state index contributed by atoms with van der Waals surface area (Å²) in [7, 11) is 0. The number of benzene rings is 4. The summed E-state index contributed by atoms with van der Waals surface area (Å²) in [4.78, 5) is 5.01. The zero-order valence-corrected chi connectivity index (χ0v) is 23.1. The number of nitrogens with zero attached hydrogens (tertiary/aromatic N) is 5. The highest BCUT2D eigenvalue weighted by atomic mass is 32.1. The van der Waals surface area contributed by atoms with Crippen molar-refractivity contribution >= 4 is 82.3 Å². The first-order valence-corrected chi connectivity index (χ1v) is 14.8. The van der Waals surface area contributed by atoms with Gasteiger partial charge in [-0.3, -0.25) is 4.98 Å². The molecule has 0 saturated carbocycles. The highest BCUT2D eigenvalue weighted by Gasteiger charge is 2.26. The Labute approximate surface area is 243 Å². The lowest BCUT2D eigenvalue weighted by molar-refractivity contribution is 1.00. The van der Waals surface area contributed by atoms with E-state index in [1.807, 2.05) is 34.3 Å². The fourth-order valence-electron chi connectivity index (χ4n) is 6.91. The summed E-state index contributed by atoms with van der Waals surface area (Å²) in [5.74, 6) is 0. The number of para-hydroxylation sites is 4. The van der Waals surface area contributed by atoms with E-state index >= 15 is 0 Å². The predicted molar refractivity (Wildman–Crippen MR) is 175 cm³/mol. The average molecular weight is 556 g/mol. The lowest BCUT2D eigenvalue weighted by Gasteiger charge is -2.09. The second-order valence-corrected chi connectivity index (χ2v) is 11.7. The summed E-state index contributed by atoms with van der Waals surface area (Å²) >= 11 is 1.83. The molecule has 0 amide bonds. The van der Waals surface area contributed by atoms with Gasteiger partial charge in [0.25, 0.3) is 0 Å². The molecule has 0 spiro atoms. The monoisotopic (exact) mass is 555 g/mol. The third kappa shape index (κ3) is 2.72. The smallest absolute Gasteiger partial charge is 0.112 e. The molecule has 5 nitrogen and oxygen atoms in total. The van der Waals surface area contributed by atoms with Crippen LogP contribution in [0.5, 0.6) is 0 Å². The van der Waals surface area contributed by atoms with Gasteiger partial charge in [-0.25, -0.2) is 4.52 Å². The molecule has 0 bridgehead atoms. The first-order valence-electron chi connectivity index (χ1n) is 14.0. The molecule has 0 saturated heterocycles. The normalized spacial score (nSPS) is 12.3. The predicted octanol–water partition coefficient (Wildman–Crippen LogP) is 9.29. The second kappa shape index (κ2) is 8.06. The van der Waals surface area contributed by atoms with Crippen molar-refractivity contribution in [1.82, 2.24) is 23.7 Å². The maximum absolute atomic E-state index is 5.01. The minimum atomic E-state index is 0.948. The van der Waals surface area contributed by atoms with Crippen LogP contribution in [0.3, 0.4) is 0 Å². The van der Waals surface area contributed by atoms with Crippen LogP contribution in [0.1, 0.15) is 0 Å². The molecule has 6 heterocycles. The topological polar surface area (TPSA) is 40.0 Å². The van der Waals surface area contributed by atoms with E-state index in [-0.39, 0.29) is 0 Å². The van der Waals surface area contributed by atoms with Crippen molar-refractivity contribution in [2.24, 2.45) is 0 Å². The van der Waals surface area contributed by atoms with Crippen LogP contribution in [-0.2, 0) is 0 Å². The number of thiophene rings is 1. The Bertz CT molecular complexity index is 2600. The van der Waals surface area contributed by atoms with Crippen molar-refractivity contribution in [2.45, 2.75) is 0 Å². The van der Waals surface area contributed by atoms with Gasteiger partial charge in [-0.15, -0.1) is 0 Å². The van der Waals surface area contributed by atoms with Crippen LogP contribution in [0.15, 0.2) is 128 Å². The van der Waals surface area contributed by atoms with Crippen LogP contribution in [0.2, 0.25) is 0 Å². The first-order chi connectivity index (χ1) is 20.9.